The van der Waals surface area contributed by atoms with Crippen LogP contribution in [0.2, 0.25) is 0 Å². The number of aromatic nitrogens is 2. The highest BCUT2D eigenvalue weighted by Crippen LogP contribution is 2.21. The van der Waals surface area contributed by atoms with E-state index < -0.39 is 9.84 Å². The summed E-state index contributed by atoms with van der Waals surface area (Å²) in [5.74, 6) is 1.06. The normalized spacial score (nSPS) is 11.9. The Kier molecular flexibility index (Phi) is 7.51. The zero-order valence-electron chi connectivity index (χ0n) is 18.7. The number of methoxy groups -OCH3 is 1. The number of imidazole rings is 1. The predicted octanol–water partition coefficient (Wildman–Crippen LogP) is 4.15. The minimum atomic E-state index is -3.56. The zero-order chi connectivity index (χ0) is 22.4. The van der Waals surface area contributed by atoms with E-state index in [1.54, 1.807) is 13.3 Å². The number of benzene rings is 2. The lowest BCUT2D eigenvalue weighted by atomic mass is 10.2. The van der Waals surface area contributed by atoms with E-state index >= 15 is 0 Å². The highest BCUT2D eigenvalue weighted by Gasteiger charge is 2.24. The van der Waals surface area contributed by atoms with Crippen LogP contribution in [-0.4, -0.2) is 37.0 Å². The Morgan fingerprint density at radius 3 is 2.42 bits per heavy atom. The first-order valence-electron chi connectivity index (χ1n) is 10.4. The van der Waals surface area contributed by atoms with E-state index in [4.69, 9.17) is 4.74 Å². The topological polar surface area (TPSA) is 64.4 Å². The lowest BCUT2D eigenvalue weighted by Gasteiger charge is -2.20. The van der Waals surface area contributed by atoms with Crippen molar-refractivity contribution < 1.29 is 13.2 Å². The van der Waals surface area contributed by atoms with Crippen LogP contribution in [0.15, 0.2) is 66.0 Å². The third-order valence-corrected chi connectivity index (χ3v) is 6.54. The Balaban J connectivity index is 1.83. The van der Waals surface area contributed by atoms with Crippen LogP contribution >= 0.6 is 0 Å². The minimum Gasteiger partial charge on any atom is -0.497 e. The average Bonchev–Trinajstić information content (AvgIpc) is 3.10. The molecule has 0 radical (unpaired) electrons. The van der Waals surface area contributed by atoms with Gasteiger partial charge < -0.3 is 9.30 Å². The first-order chi connectivity index (χ1) is 14.8. The van der Waals surface area contributed by atoms with E-state index in [1.807, 2.05) is 60.1 Å². The van der Waals surface area contributed by atoms with E-state index in [0.717, 1.165) is 29.1 Å². The van der Waals surface area contributed by atoms with Gasteiger partial charge in [-0.2, -0.15) is 0 Å². The highest BCUT2D eigenvalue weighted by atomic mass is 32.2. The molecule has 6 nitrogen and oxygen atoms in total. The van der Waals surface area contributed by atoms with Crippen LogP contribution in [0, 0.1) is 5.92 Å². The molecular formula is C24H31N3O3S. The van der Waals surface area contributed by atoms with Gasteiger partial charge in [-0.15, -0.1) is 0 Å². The first-order valence-corrected chi connectivity index (χ1v) is 12.1. The van der Waals surface area contributed by atoms with Gasteiger partial charge in [-0.3, -0.25) is 4.90 Å². The van der Waals surface area contributed by atoms with E-state index in [-0.39, 0.29) is 10.9 Å². The van der Waals surface area contributed by atoms with Crippen LogP contribution in [0.3, 0.4) is 0 Å². The van der Waals surface area contributed by atoms with Crippen molar-refractivity contribution in [3.05, 3.63) is 77.6 Å². The average molecular weight is 442 g/mol. The molecule has 0 saturated carbocycles. The maximum absolute atomic E-state index is 13.2. The molecule has 0 spiro atoms. The van der Waals surface area contributed by atoms with E-state index in [2.05, 4.69) is 29.8 Å². The summed E-state index contributed by atoms with van der Waals surface area (Å²) in [6.07, 6.45) is 1.70. The Labute approximate surface area is 185 Å². The molecule has 0 amide bonds. The number of ether oxygens (including phenoxy) is 1. The molecule has 0 unspecified atom stereocenters. The molecule has 166 valence electrons. The number of sulfone groups is 1. The van der Waals surface area contributed by atoms with Crippen molar-refractivity contribution in [2.45, 2.75) is 44.4 Å². The lowest BCUT2D eigenvalue weighted by Crippen LogP contribution is -2.22. The van der Waals surface area contributed by atoms with Gasteiger partial charge in [-0.25, -0.2) is 13.4 Å². The molecule has 0 fully saturated rings. The van der Waals surface area contributed by atoms with Crippen molar-refractivity contribution >= 4 is 9.84 Å². The van der Waals surface area contributed by atoms with Crippen molar-refractivity contribution in [3.63, 3.8) is 0 Å². The Bertz CT molecular complexity index is 1090. The fourth-order valence-corrected chi connectivity index (χ4v) is 5.10. The predicted molar refractivity (Wildman–Crippen MR) is 123 cm³/mol. The Morgan fingerprint density at radius 1 is 1.03 bits per heavy atom. The maximum Gasteiger partial charge on any atom is 0.228 e. The minimum absolute atomic E-state index is 0.0535. The fraction of sp³-hybridized carbons (Fsp3) is 0.375. The van der Waals surface area contributed by atoms with Crippen LogP contribution in [0.5, 0.6) is 5.75 Å². The summed E-state index contributed by atoms with van der Waals surface area (Å²) >= 11 is 0. The third kappa shape index (κ3) is 6.18. The van der Waals surface area contributed by atoms with Crippen molar-refractivity contribution in [1.82, 2.24) is 14.5 Å². The summed E-state index contributed by atoms with van der Waals surface area (Å²) in [5, 5.41) is 0.148. The van der Waals surface area contributed by atoms with Gasteiger partial charge >= 0.3 is 0 Å². The molecular weight excluding hydrogens is 410 g/mol. The SMILES string of the molecule is COc1cccc(CN(C)Cc2cnc(S(=O)(=O)Cc3ccccc3)n2CC(C)C)c1. The van der Waals surface area contributed by atoms with Crippen LogP contribution in [0.4, 0.5) is 0 Å². The van der Waals surface area contributed by atoms with Crippen molar-refractivity contribution in [3.8, 4) is 5.75 Å². The molecule has 0 bridgehead atoms. The summed E-state index contributed by atoms with van der Waals surface area (Å²) in [6, 6.07) is 17.2. The number of hydrogen-bond acceptors (Lipinski definition) is 5. The quantitative estimate of drug-likeness (QED) is 0.473. The molecule has 1 aromatic heterocycles. The molecule has 0 aliphatic carbocycles. The molecule has 7 heteroatoms. The van der Waals surface area contributed by atoms with Crippen LogP contribution in [-0.2, 0) is 35.2 Å². The zero-order valence-corrected chi connectivity index (χ0v) is 19.5. The second-order valence-corrected chi connectivity index (χ2v) is 10.2. The lowest BCUT2D eigenvalue weighted by molar-refractivity contribution is 0.303. The smallest absolute Gasteiger partial charge is 0.228 e. The summed E-state index contributed by atoms with van der Waals surface area (Å²) in [6.45, 7) is 6.08. The molecule has 3 rings (SSSR count). The third-order valence-electron chi connectivity index (χ3n) is 4.95. The second kappa shape index (κ2) is 10.1. The van der Waals surface area contributed by atoms with E-state index in [0.29, 0.717) is 19.0 Å². The van der Waals surface area contributed by atoms with Crippen LogP contribution < -0.4 is 4.74 Å². The second-order valence-electron chi connectivity index (χ2n) is 8.31. The van der Waals surface area contributed by atoms with E-state index in [1.165, 1.54) is 0 Å². The van der Waals surface area contributed by atoms with Gasteiger partial charge in [-0.05, 0) is 36.2 Å². The van der Waals surface area contributed by atoms with Crippen molar-refractivity contribution in [1.29, 1.82) is 0 Å². The largest absolute Gasteiger partial charge is 0.497 e. The molecule has 0 aliphatic heterocycles. The van der Waals surface area contributed by atoms with Crippen LogP contribution in [0.25, 0.3) is 0 Å². The first kappa shape index (κ1) is 23.0. The van der Waals surface area contributed by atoms with Crippen molar-refractivity contribution in [2.75, 3.05) is 14.2 Å². The number of nitrogens with zero attached hydrogens (tertiary/aromatic N) is 3. The van der Waals surface area contributed by atoms with Crippen LogP contribution in [0.1, 0.15) is 30.7 Å². The molecule has 2 aromatic carbocycles. The summed E-state index contributed by atoms with van der Waals surface area (Å²) in [5.41, 5.74) is 2.79. The van der Waals surface area contributed by atoms with Gasteiger partial charge in [0.2, 0.25) is 15.0 Å². The summed E-state index contributed by atoms with van der Waals surface area (Å²) in [7, 11) is 0.120. The maximum atomic E-state index is 13.2. The molecule has 0 saturated heterocycles. The van der Waals surface area contributed by atoms with Gasteiger partial charge in [-0.1, -0.05) is 56.3 Å². The van der Waals surface area contributed by atoms with Gasteiger partial charge in [0, 0.05) is 19.6 Å². The molecule has 31 heavy (non-hydrogen) atoms. The van der Waals surface area contributed by atoms with Gasteiger partial charge in [0.05, 0.1) is 24.8 Å². The Hall–Kier alpha value is -2.64. The molecule has 1 heterocycles. The van der Waals surface area contributed by atoms with Gasteiger partial charge in [0.15, 0.2) is 0 Å². The monoisotopic (exact) mass is 441 g/mol. The molecule has 3 aromatic rings. The highest BCUT2D eigenvalue weighted by molar-refractivity contribution is 7.90. The number of rotatable bonds is 10. The number of hydrogen-bond donors (Lipinski definition) is 0. The van der Waals surface area contributed by atoms with E-state index in [9.17, 15) is 8.42 Å². The molecule has 0 N–H and O–H groups in total. The van der Waals surface area contributed by atoms with Gasteiger partial charge in [0.1, 0.15) is 5.75 Å². The summed E-state index contributed by atoms with van der Waals surface area (Å²) in [4.78, 5) is 6.50. The van der Waals surface area contributed by atoms with Gasteiger partial charge in [0.25, 0.3) is 0 Å². The molecule has 0 aliphatic rings. The molecule has 0 atom stereocenters. The Morgan fingerprint density at radius 2 is 1.74 bits per heavy atom. The standard InChI is InChI=1S/C24H31N3O3S/c1-19(2)15-27-22(17-26(3)16-21-11-8-12-23(13-21)30-4)14-25-24(27)31(28,29)18-20-9-6-5-7-10-20/h5-14,19H,15-18H2,1-4H3. The van der Waals surface area contributed by atoms with Crippen molar-refractivity contribution in [2.24, 2.45) is 5.92 Å². The fourth-order valence-electron chi connectivity index (χ4n) is 3.60. The summed E-state index contributed by atoms with van der Waals surface area (Å²) < 4.78 is 33.5.